The Labute approximate surface area is 106 Å². The van der Waals surface area contributed by atoms with E-state index in [1.54, 1.807) is 13.0 Å². The van der Waals surface area contributed by atoms with E-state index in [1.807, 2.05) is 25.1 Å². The second-order valence-electron chi connectivity index (χ2n) is 3.69. The van der Waals surface area contributed by atoms with Crippen molar-refractivity contribution in [3.05, 3.63) is 41.3 Å². The van der Waals surface area contributed by atoms with Crippen LogP contribution in [0.1, 0.15) is 19.4 Å². The van der Waals surface area contributed by atoms with E-state index < -0.39 is 5.97 Å². The van der Waals surface area contributed by atoms with E-state index >= 15 is 0 Å². The molecular formula is C13H16N2O3. The second-order valence-corrected chi connectivity index (χ2v) is 3.69. The Bertz CT molecular complexity index is 489. The van der Waals surface area contributed by atoms with Gasteiger partial charge in [-0.1, -0.05) is 12.1 Å². The molecule has 5 heteroatoms. The van der Waals surface area contributed by atoms with Crippen LogP contribution < -0.4 is 0 Å². The normalized spacial score (nSPS) is 12.4. The quantitative estimate of drug-likeness (QED) is 0.384. The molecule has 0 amide bonds. The molecule has 0 bridgehead atoms. The molecule has 0 spiro atoms. The zero-order valence-electron chi connectivity index (χ0n) is 10.7. The molecule has 0 unspecified atom stereocenters. The summed E-state index contributed by atoms with van der Waals surface area (Å²) in [6.45, 7) is 5.19. The molecule has 1 aromatic rings. The molecule has 1 aromatic carbocycles. The van der Waals surface area contributed by atoms with Crippen LogP contribution in [-0.2, 0) is 9.53 Å². The number of nitrogens with zero attached hydrogens (tertiary/aromatic N) is 2. The van der Waals surface area contributed by atoms with Gasteiger partial charge < -0.3 is 9.84 Å². The van der Waals surface area contributed by atoms with Gasteiger partial charge in [0.2, 0.25) is 5.70 Å². The van der Waals surface area contributed by atoms with Gasteiger partial charge in [0.25, 0.3) is 0 Å². The van der Waals surface area contributed by atoms with Crippen LogP contribution in [0.5, 0.6) is 0 Å². The Kier molecular flexibility index (Phi) is 5.05. The smallest absolute Gasteiger partial charge is 0.362 e. The number of ether oxygens (including phenoxy) is 1. The summed E-state index contributed by atoms with van der Waals surface area (Å²) in [5.74, 6) is -0.904. The van der Waals surface area contributed by atoms with Gasteiger partial charge >= 0.3 is 5.97 Å². The number of aliphatic hydroxyl groups is 1. The fraction of sp³-hybridized carbons (Fsp3) is 0.308. The third-order valence-corrected chi connectivity index (χ3v) is 2.08. The molecule has 18 heavy (non-hydrogen) atoms. The van der Waals surface area contributed by atoms with Crippen LogP contribution in [0.3, 0.4) is 0 Å². The van der Waals surface area contributed by atoms with Gasteiger partial charge in [-0.05, 0) is 38.5 Å². The van der Waals surface area contributed by atoms with Crippen LogP contribution in [0.4, 0.5) is 5.69 Å². The van der Waals surface area contributed by atoms with E-state index in [4.69, 9.17) is 4.74 Å². The lowest BCUT2D eigenvalue weighted by atomic mass is 10.2. The maximum absolute atomic E-state index is 11.5. The minimum atomic E-state index is -0.686. The predicted molar refractivity (Wildman–Crippen MR) is 67.7 cm³/mol. The maximum Gasteiger partial charge on any atom is 0.362 e. The van der Waals surface area contributed by atoms with Gasteiger partial charge in [0.15, 0.2) is 0 Å². The molecule has 0 aliphatic heterocycles. The number of hydrogen-bond acceptors (Lipinski definition) is 5. The van der Waals surface area contributed by atoms with Gasteiger partial charge in [0.05, 0.1) is 12.3 Å². The first-order valence-electron chi connectivity index (χ1n) is 5.60. The van der Waals surface area contributed by atoms with Crippen LogP contribution >= 0.6 is 0 Å². The zero-order valence-corrected chi connectivity index (χ0v) is 10.7. The SMILES string of the molecule is CCOC(=O)C(N=Nc1cccc(C)c1)=C(C)O. The van der Waals surface area contributed by atoms with Crippen molar-refractivity contribution in [3.8, 4) is 0 Å². The zero-order chi connectivity index (χ0) is 13.5. The van der Waals surface area contributed by atoms with Crippen molar-refractivity contribution >= 4 is 11.7 Å². The number of carbonyl (C=O) groups excluding carboxylic acids is 1. The average molecular weight is 248 g/mol. The first-order chi connectivity index (χ1) is 8.54. The molecule has 96 valence electrons. The third kappa shape index (κ3) is 4.01. The lowest BCUT2D eigenvalue weighted by Crippen LogP contribution is -2.07. The lowest BCUT2D eigenvalue weighted by Gasteiger charge is -2.02. The summed E-state index contributed by atoms with van der Waals surface area (Å²) in [5.41, 5.74) is 1.46. The summed E-state index contributed by atoms with van der Waals surface area (Å²) in [6, 6.07) is 7.34. The molecule has 0 aliphatic rings. The van der Waals surface area contributed by atoms with E-state index in [9.17, 15) is 9.90 Å². The fourth-order valence-corrected chi connectivity index (χ4v) is 1.26. The van der Waals surface area contributed by atoms with Crippen molar-refractivity contribution < 1.29 is 14.6 Å². The van der Waals surface area contributed by atoms with Gasteiger partial charge in [-0.15, -0.1) is 5.11 Å². The largest absolute Gasteiger partial charge is 0.510 e. The predicted octanol–water partition coefficient (Wildman–Crippen LogP) is 3.43. The van der Waals surface area contributed by atoms with Crippen molar-refractivity contribution in [2.75, 3.05) is 6.61 Å². The number of esters is 1. The molecule has 0 saturated heterocycles. The van der Waals surface area contributed by atoms with Gasteiger partial charge in [0, 0.05) is 0 Å². The standard InChI is InChI=1S/C13H16N2O3/c1-4-18-13(17)12(10(3)16)15-14-11-7-5-6-9(2)8-11/h5-8,16H,4H2,1-3H3. The van der Waals surface area contributed by atoms with Gasteiger partial charge in [-0.3, -0.25) is 0 Å². The summed E-state index contributed by atoms with van der Waals surface area (Å²) < 4.78 is 4.77. The number of benzene rings is 1. The number of carbonyl (C=O) groups is 1. The molecular weight excluding hydrogens is 232 g/mol. The molecule has 0 fully saturated rings. The first-order valence-corrected chi connectivity index (χ1v) is 5.60. The minimum absolute atomic E-state index is 0.182. The Morgan fingerprint density at radius 2 is 2.17 bits per heavy atom. The van der Waals surface area contributed by atoms with Crippen molar-refractivity contribution in [3.63, 3.8) is 0 Å². The molecule has 0 saturated carbocycles. The van der Waals surface area contributed by atoms with Crippen molar-refractivity contribution in [1.82, 2.24) is 0 Å². The molecule has 5 nitrogen and oxygen atoms in total. The van der Waals surface area contributed by atoms with Crippen LogP contribution in [0.25, 0.3) is 0 Å². The Balaban J connectivity index is 2.92. The van der Waals surface area contributed by atoms with Gasteiger partial charge in [-0.2, -0.15) is 5.11 Å². The molecule has 0 heterocycles. The number of hydrogen-bond donors (Lipinski definition) is 1. The monoisotopic (exact) mass is 248 g/mol. The summed E-state index contributed by atoms with van der Waals surface area (Å²) in [6.07, 6.45) is 0. The Hall–Kier alpha value is -2.17. The van der Waals surface area contributed by atoms with Gasteiger partial charge in [-0.25, -0.2) is 4.79 Å². The van der Waals surface area contributed by atoms with Crippen LogP contribution in [-0.4, -0.2) is 17.7 Å². The van der Waals surface area contributed by atoms with E-state index in [-0.39, 0.29) is 18.1 Å². The van der Waals surface area contributed by atoms with Crippen LogP contribution in [0.2, 0.25) is 0 Å². The van der Waals surface area contributed by atoms with E-state index in [1.165, 1.54) is 6.92 Å². The molecule has 0 radical (unpaired) electrons. The summed E-state index contributed by atoms with van der Waals surface area (Å²) >= 11 is 0. The molecule has 0 aliphatic carbocycles. The summed E-state index contributed by atoms with van der Waals surface area (Å²) in [5, 5.41) is 17.0. The highest BCUT2D eigenvalue weighted by molar-refractivity contribution is 5.88. The first kappa shape index (κ1) is 13.9. The second kappa shape index (κ2) is 6.54. The van der Waals surface area contributed by atoms with Crippen molar-refractivity contribution in [2.24, 2.45) is 10.2 Å². The highest BCUT2D eigenvalue weighted by atomic mass is 16.5. The number of azo groups is 1. The highest BCUT2D eigenvalue weighted by Crippen LogP contribution is 2.16. The number of rotatable bonds is 4. The summed E-state index contributed by atoms with van der Waals surface area (Å²) in [7, 11) is 0. The van der Waals surface area contributed by atoms with Crippen molar-refractivity contribution in [2.45, 2.75) is 20.8 Å². The number of aryl methyl sites for hydroxylation is 1. The fourth-order valence-electron chi connectivity index (χ4n) is 1.26. The lowest BCUT2D eigenvalue weighted by molar-refractivity contribution is -0.138. The molecule has 1 N–H and O–H groups in total. The van der Waals surface area contributed by atoms with Crippen molar-refractivity contribution in [1.29, 1.82) is 0 Å². The molecule has 1 rings (SSSR count). The van der Waals surface area contributed by atoms with Crippen LogP contribution in [0, 0.1) is 6.92 Å². The topological polar surface area (TPSA) is 71.2 Å². The van der Waals surface area contributed by atoms with E-state index in [0.717, 1.165) is 5.56 Å². The Morgan fingerprint density at radius 1 is 1.44 bits per heavy atom. The van der Waals surface area contributed by atoms with Crippen LogP contribution in [0.15, 0.2) is 46.0 Å². The number of aliphatic hydroxyl groups excluding tert-OH is 1. The van der Waals surface area contributed by atoms with E-state index in [0.29, 0.717) is 5.69 Å². The number of allylic oxidation sites excluding steroid dienone is 1. The minimum Gasteiger partial charge on any atom is -0.510 e. The summed E-state index contributed by atoms with van der Waals surface area (Å²) in [4.78, 5) is 11.5. The van der Waals surface area contributed by atoms with Gasteiger partial charge in [0.1, 0.15) is 5.76 Å². The molecule has 0 aromatic heterocycles. The highest BCUT2D eigenvalue weighted by Gasteiger charge is 2.13. The van der Waals surface area contributed by atoms with E-state index in [2.05, 4.69) is 10.2 Å². The molecule has 0 atom stereocenters. The maximum atomic E-state index is 11.5. The average Bonchev–Trinajstić information content (AvgIpc) is 2.29. The third-order valence-electron chi connectivity index (χ3n) is 2.08. The Morgan fingerprint density at radius 3 is 2.72 bits per heavy atom.